The Hall–Kier alpha value is -3.32. The monoisotopic (exact) mass is 454 g/mol. The highest BCUT2D eigenvalue weighted by Crippen LogP contribution is 2.22. The minimum atomic E-state index is -0.630. The van der Waals surface area contributed by atoms with E-state index in [2.05, 4.69) is 15.9 Å². The Bertz CT molecular complexity index is 1210. The van der Waals surface area contributed by atoms with Crippen LogP contribution >= 0.6 is 15.9 Å². The minimum Gasteiger partial charge on any atom is -0.486 e. The van der Waals surface area contributed by atoms with Crippen LogP contribution in [-0.4, -0.2) is 5.97 Å². The molecule has 0 amide bonds. The molecule has 0 fully saturated rings. The molecule has 2 aromatic heterocycles. The quantitative estimate of drug-likeness (QED) is 0.298. The van der Waals surface area contributed by atoms with Gasteiger partial charge < -0.3 is 18.3 Å². The molecule has 0 aliphatic carbocycles. The van der Waals surface area contributed by atoms with Crippen LogP contribution in [0.5, 0.6) is 5.75 Å². The topological polar surface area (TPSA) is 78.9 Å². The van der Waals surface area contributed by atoms with Gasteiger partial charge in [0.2, 0.25) is 5.76 Å². The Morgan fingerprint density at radius 3 is 2.59 bits per heavy atom. The van der Waals surface area contributed by atoms with Crippen LogP contribution in [-0.2, 0) is 18.0 Å². The van der Waals surface area contributed by atoms with Crippen molar-refractivity contribution in [3.05, 3.63) is 98.7 Å². The van der Waals surface area contributed by atoms with E-state index in [-0.39, 0.29) is 19.0 Å². The maximum Gasteiger partial charge on any atom is 0.374 e. The molecular weight excluding hydrogens is 440 g/mol. The normalized spacial score (nSPS) is 10.8. The lowest BCUT2D eigenvalue weighted by molar-refractivity contribution is 0.0433. The molecule has 0 unspecified atom stereocenters. The highest BCUT2D eigenvalue weighted by molar-refractivity contribution is 9.10. The Kier molecular flexibility index (Phi) is 5.48. The number of esters is 1. The zero-order valence-corrected chi connectivity index (χ0v) is 16.7. The predicted octanol–water partition coefficient (Wildman–Crippen LogP) is 5.08. The number of hydrogen-bond donors (Lipinski definition) is 0. The molecule has 0 saturated heterocycles. The van der Waals surface area contributed by atoms with Gasteiger partial charge in [-0.2, -0.15) is 0 Å². The molecule has 0 aliphatic heterocycles. The molecule has 0 aliphatic rings. The highest BCUT2D eigenvalue weighted by Gasteiger charge is 2.15. The molecule has 2 aromatic carbocycles. The largest absolute Gasteiger partial charge is 0.486 e. The lowest BCUT2D eigenvalue weighted by atomic mass is 10.1. The van der Waals surface area contributed by atoms with Crippen LogP contribution in [0.25, 0.3) is 11.0 Å². The van der Waals surface area contributed by atoms with Crippen molar-refractivity contribution in [3.63, 3.8) is 0 Å². The van der Waals surface area contributed by atoms with Gasteiger partial charge in [-0.15, -0.1) is 0 Å². The van der Waals surface area contributed by atoms with Gasteiger partial charge in [0.05, 0.1) is 0 Å². The van der Waals surface area contributed by atoms with Crippen LogP contribution in [0.4, 0.5) is 0 Å². The van der Waals surface area contributed by atoms with Crippen LogP contribution in [0.2, 0.25) is 0 Å². The fourth-order valence-corrected chi connectivity index (χ4v) is 3.11. The number of furan rings is 1. The van der Waals surface area contributed by atoms with Crippen LogP contribution < -0.4 is 10.4 Å². The number of carbonyl (C=O) groups is 1. The van der Waals surface area contributed by atoms with E-state index in [9.17, 15) is 9.59 Å². The third-order valence-electron chi connectivity index (χ3n) is 4.14. The van der Waals surface area contributed by atoms with Gasteiger partial charge >= 0.3 is 11.6 Å². The molecule has 4 aromatic rings. The fraction of sp³-hybridized carbons (Fsp3) is 0.0909. The summed E-state index contributed by atoms with van der Waals surface area (Å²) in [5, 5.41) is 0.692. The molecule has 0 atom stereocenters. The van der Waals surface area contributed by atoms with Gasteiger partial charge in [-0.3, -0.25) is 0 Å². The van der Waals surface area contributed by atoms with Gasteiger partial charge in [-0.1, -0.05) is 34.1 Å². The van der Waals surface area contributed by atoms with Gasteiger partial charge in [-0.05, 0) is 42.5 Å². The summed E-state index contributed by atoms with van der Waals surface area (Å²) in [6.45, 7) is 0.107. The SMILES string of the molecule is O=C(OCc1cc(=O)oc2cc(Br)ccc12)c1ccc(COc2ccccc2)o1. The molecule has 7 heteroatoms. The molecule has 146 valence electrons. The second kappa shape index (κ2) is 8.36. The number of ether oxygens (including phenoxy) is 2. The first-order chi connectivity index (χ1) is 14.1. The average molecular weight is 455 g/mol. The molecule has 0 radical (unpaired) electrons. The minimum absolute atomic E-state index is 0.0617. The number of rotatable bonds is 6. The van der Waals surface area contributed by atoms with Gasteiger partial charge in [0.25, 0.3) is 0 Å². The van der Waals surface area contributed by atoms with Crippen LogP contribution in [0.1, 0.15) is 21.9 Å². The summed E-state index contributed by atoms with van der Waals surface area (Å²) in [4.78, 5) is 24.1. The first-order valence-corrected chi connectivity index (χ1v) is 9.54. The second-order valence-electron chi connectivity index (χ2n) is 6.17. The summed E-state index contributed by atoms with van der Waals surface area (Å²) in [5.41, 5.74) is 0.451. The van der Waals surface area contributed by atoms with Crippen molar-refractivity contribution in [2.75, 3.05) is 0 Å². The van der Waals surface area contributed by atoms with Crippen LogP contribution in [0.3, 0.4) is 0 Å². The Balaban J connectivity index is 1.42. The van der Waals surface area contributed by atoms with E-state index in [1.807, 2.05) is 36.4 Å². The van der Waals surface area contributed by atoms with E-state index in [0.717, 1.165) is 4.47 Å². The van der Waals surface area contributed by atoms with Gasteiger partial charge in [0.15, 0.2) is 0 Å². The number of carbonyl (C=O) groups excluding carboxylic acids is 1. The highest BCUT2D eigenvalue weighted by atomic mass is 79.9. The number of halogens is 1. The number of hydrogen-bond acceptors (Lipinski definition) is 6. The van der Waals surface area contributed by atoms with Crippen LogP contribution in [0.15, 0.2) is 84.8 Å². The molecule has 0 spiro atoms. The van der Waals surface area contributed by atoms with E-state index in [0.29, 0.717) is 28.0 Å². The predicted molar refractivity (Wildman–Crippen MR) is 109 cm³/mol. The molecule has 4 rings (SSSR count). The third-order valence-corrected chi connectivity index (χ3v) is 4.63. The molecule has 0 N–H and O–H groups in total. The molecular formula is C22H15BrO6. The van der Waals surface area contributed by atoms with Crippen LogP contribution in [0, 0.1) is 0 Å². The van der Waals surface area contributed by atoms with E-state index >= 15 is 0 Å². The summed E-state index contributed by atoms with van der Waals surface area (Å²) in [6, 6.07) is 19.1. The van der Waals surface area contributed by atoms with Crippen molar-refractivity contribution in [3.8, 4) is 5.75 Å². The Morgan fingerprint density at radius 1 is 0.931 bits per heavy atom. The number of para-hydroxylation sites is 1. The van der Waals surface area contributed by atoms with Gasteiger partial charge in [0.1, 0.15) is 30.3 Å². The first-order valence-electron chi connectivity index (χ1n) is 8.74. The summed E-state index contributed by atoms with van der Waals surface area (Å²) >= 11 is 3.33. The summed E-state index contributed by atoms with van der Waals surface area (Å²) in [6.07, 6.45) is 0. The molecule has 0 saturated carbocycles. The maximum atomic E-state index is 12.3. The standard InChI is InChI=1S/C22H15BrO6/c23-15-6-8-18-14(10-21(24)29-20(18)11-15)12-27-22(25)19-9-7-17(28-19)13-26-16-4-2-1-3-5-16/h1-11H,12-13H2. The fourth-order valence-electron chi connectivity index (χ4n) is 2.77. The van der Waals surface area contributed by atoms with Gasteiger partial charge in [0, 0.05) is 21.5 Å². The average Bonchev–Trinajstić information content (AvgIpc) is 3.20. The molecule has 6 nitrogen and oxygen atoms in total. The summed E-state index contributed by atoms with van der Waals surface area (Å²) in [7, 11) is 0. The van der Waals surface area contributed by atoms with E-state index in [1.165, 1.54) is 12.1 Å². The zero-order valence-electron chi connectivity index (χ0n) is 15.1. The lowest BCUT2D eigenvalue weighted by Crippen LogP contribution is -2.07. The Morgan fingerprint density at radius 2 is 1.76 bits per heavy atom. The Labute approximate surface area is 173 Å². The summed E-state index contributed by atoms with van der Waals surface area (Å²) in [5.74, 6) is 0.632. The lowest BCUT2D eigenvalue weighted by Gasteiger charge is -2.06. The zero-order chi connectivity index (χ0) is 20.2. The summed E-state index contributed by atoms with van der Waals surface area (Å²) < 4.78 is 22.4. The third kappa shape index (κ3) is 4.57. The maximum absolute atomic E-state index is 12.3. The first kappa shape index (κ1) is 19.0. The van der Waals surface area contributed by atoms with Crippen molar-refractivity contribution in [2.45, 2.75) is 13.2 Å². The number of benzene rings is 2. The van der Waals surface area contributed by atoms with Crippen molar-refractivity contribution < 1.29 is 23.1 Å². The molecule has 29 heavy (non-hydrogen) atoms. The van der Waals surface area contributed by atoms with Crippen molar-refractivity contribution >= 4 is 32.9 Å². The van der Waals surface area contributed by atoms with Crippen molar-refractivity contribution in [1.29, 1.82) is 0 Å². The van der Waals surface area contributed by atoms with Crippen molar-refractivity contribution in [2.24, 2.45) is 0 Å². The van der Waals surface area contributed by atoms with E-state index < -0.39 is 11.6 Å². The van der Waals surface area contributed by atoms with E-state index in [1.54, 1.807) is 18.2 Å². The number of fused-ring (bicyclic) bond motifs is 1. The van der Waals surface area contributed by atoms with Crippen molar-refractivity contribution in [1.82, 2.24) is 0 Å². The second-order valence-corrected chi connectivity index (χ2v) is 7.09. The smallest absolute Gasteiger partial charge is 0.374 e. The van der Waals surface area contributed by atoms with Gasteiger partial charge in [-0.25, -0.2) is 9.59 Å². The van der Waals surface area contributed by atoms with E-state index in [4.69, 9.17) is 18.3 Å². The molecule has 0 bridgehead atoms. The molecule has 2 heterocycles.